The summed E-state index contributed by atoms with van der Waals surface area (Å²) >= 11 is 1.29. The highest BCUT2D eigenvalue weighted by Crippen LogP contribution is 2.36. The van der Waals surface area contributed by atoms with Crippen molar-refractivity contribution in [2.24, 2.45) is 5.92 Å². The maximum absolute atomic E-state index is 13.5. The molecule has 1 amide bonds. The van der Waals surface area contributed by atoms with Gasteiger partial charge in [-0.2, -0.15) is 4.98 Å². The molecule has 188 valence electrons. The molecule has 36 heavy (non-hydrogen) atoms. The van der Waals surface area contributed by atoms with Crippen LogP contribution in [0.2, 0.25) is 0 Å². The van der Waals surface area contributed by atoms with E-state index in [9.17, 15) is 9.59 Å². The fourth-order valence-corrected chi connectivity index (χ4v) is 4.87. The first-order valence-electron chi connectivity index (χ1n) is 11.9. The van der Waals surface area contributed by atoms with Gasteiger partial charge >= 0.3 is 0 Å². The van der Waals surface area contributed by atoms with Gasteiger partial charge in [0.15, 0.2) is 5.78 Å². The first-order chi connectivity index (χ1) is 17.3. The van der Waals surface area contributed by atoms with E-state index in [4.69, 9.17) is 4.74 Å². The molecule has 2 heterocycles. The molecule has 9 heteroatoms. The molecule has 1 aliphatic rings. The summed E-state index contributed by atoms with van der Waals surface area (Å²) in [6.45, 7) is 8.08. The second-order valence-electron chi connectivity index (χ2n) is 9.20. The van der Waals surface area contributed by atoms with Gasteiger partial charge in [0.05, 0.1) is 30.2 Å². The van der Waals surface area contributed by atoms with Gasteiger partial charge in [0, 0.05) is 11.3 Å². The highest BCUT2D eigenvalue weighted by atomic mass is 32.2. The molecular formula is C27H31N5O3S. The van der Waals surface area contributed by atoms with Gasteiger partial charge in [-0.05, 0) is 38.3 Å². The normalized spacial score (nSPS) is 14.9. The monoisotopic (exact) mass is 505 g/mol. The quantitative estimate of drug-likeness (QED) is 0.293. The van der Waals surface area contributed by atoms with Gasteiger partial charge in [0.25, 0.3) is 5.91 Å². The molecule has 8 nitrogen and oxygen atoms in total. The number of Topliss-reactive ketones (excluding diaryl/α,β-unsaturated/α-hetero) is 1. The Morgan fingerprint density at radius 1 is 1.14 bits per heavy atom. The molecule has 0 radical (unpaired) electrons. The fourth-order valence-electron chi connectivity index (χ4n) is 4.15. The average Bonchev–Trinajstić information content (AvgIpc) is 3.25. The zero-order chi connectivity index (χ0) is 25.8. The number of thioether (sulfide) groups is 1. The van der Waals surface area contributed by atoms with Gasteiger partial charge in [-0.15, -0.1) is 5.10 Å². The first kappa shape index (κ1) is 25.5. The fraction of sp³-hybridized carbons (Fsp3) is 0.333. The van der Waals surface area contributed by atoms with Crippen molar-refractivity contribution in [3.8, 4) is 5.75 Å². The summed E-state index contributed by atoms with van der Waals surface area (Å²) in [5.74, 6) is 1.50. The van der Waals surface area contributed by atoms with Crippen molar-refractivity contribution in [3.63, 3.8) is 0 Å². The maximum Gasteiger partial charge on any atom is 0.255 e. The number of anilines is 2. The minimum Gasteiger partial charge on any atom is -0.495 e. The third-order valence-electron chi connectivity index (χ3n) is 5.94. The van der Waals surface area contributed by atoms with Crippen LogP contribution in [0.15, 0.2) is 65.0 Å². The number of hydrogen-bond acceptors (Lipinski definition) is 7. The van der Waals surface area contributed by atoms with E-state index in [1.165, 1.54) is 11.8 Å². The second kappa shape index (κ2) is 11.0. The number of carbonyl (C=O) groups is 2. The number of aryl methyl sites for hydroxylation is 1. The molecule has 1 aromatic heterocycles. The van der Waals surface area contributed by atoms with Gasteiger partial charge in [-0.1, -0.05) is 67.6 Å². The number of ketones is 1. The lowest BCUT2D eigenvalue weighted by Gasteiger charge is -2.29. The minimum absolute atomic E-state index is 0.0191. The van der Waals surface area contributed by atoms with Crippen LogP contribution in [0.1, 0.15) is 49.2 Å². The van der Waals surface area contributed by atoms with Crippen molar-refractivity contribution >= 4 is 35.1 Å². The number of carbonyl (C=O) groups excluding carboxylic acids is 2. The number of ether oxygens (including phenoxy) is 1. The predicted octanol–water partition coefficient (Wildman–Crippen LogP) is 5.50. The third kappa shape index (κ3) is 5.62. The van der Waals surface area contributed by atoms with Crippen LogP contribution in [-0.2, 0) is 4.79 Å². The number of amides is 1. The van der Waals surface area contributed by atoms with Crippen molar-refractivity contribution < 1.29 is 14.3 Å². The predicted molar refractivity (Wildman–Crippen MR) is 143 cm³/mol. The van der Waals surface area contributed by atoms with E-state index in [-0.39, 0.29) is 23.5 Å². The molecule has 0 unspecified atom stereocenters. The summed E-state index contributed by atoms with van der Waals surface area (Å²) in [6.07, 6.45) is 0.705. The SMILES string of the molecule is COc1ccccc1NC(=O)C1=C(C)Nc2nc(SCC(=O)c3ccc(C)cc3)nn2[C@@H]1CC(C)C. The number of nitrogens with zero attached hydrogens (tertiary/aromatic N) is 3. The van der Waals surface area contributed by atoms with Crippen LogP contribution < -0.4 is 15.4 Å². The molecule has 4 rings (SSSR count). The van der Waals surface area contributed by atoms with Crippen LogP contribution in [-0.4, -0.2) is 39.3 Å². The van der Waals surface area contributed by atoms with Gasteiger partial charge in [0.1, 0.15) is 5.75 Å². The van der Waals surface area contributed by atoms with Crippen LogP contribution >= 0.6 is 11.8 Å². The van der Waals surface area contributed by atoms with E-state index >= 15 is 0 Å². The van der Waals surface area contributed by atoms with Crippen molar-refractivity contribution in [1.29, 1.82) is 0 Å². The molecule has 0 aliphatic carbocycles. The largest absolute Gasteiger partial charge is 0.495 e. The molecule has 0 bridgehead atoms. The number of nitrogens with one attached hydrogen (secondary N) is 2. The Labute approximate surface area is 215 Å². The van der Waals surface area contributed by atoms with Crippen LogP contribution in [0.4, 0.5) is 11.6 Å². The summed E-state index contributed by atoms with van der Waals surface area (Å²) in [5, 5.41) is 11.4. The van der Waals surface area contributed by atoms with Crippen molar-refractivity contribution in [3.05, 3.63) is 70.9 Å². The van der Waals surface area contributed by atoms with Crippen molar-refractivity contribution in [2.45, 2.75) is 45.3 Å². The Kier molecular flexibility index (Phi) is 7.79. The smallest absolute Gasteiger partial charge is 0.255 e. The van der Waals surface area contributed by atoms with E-state index in [1.54, 1.807) is 23.9 Å². The molecule has 1 aliphatic heterocycles. The number of fused-ring (bicyclic) bond motifs is 1. The summed E-state index contributed by atoms with van der Waals surface area (Å²) < 4.78 is 7.16. The summed E-state index contributed by atoms with van der Waals surface area (Å²) in [4.78, 5) is 30.7. The summed E-state index contributed by atoms with van der Waals surface area (Å²) in [6, 6.07) is 14.5. The van der Waals surface area contributed by atoms with Crippen LogP contribution in [0.3, 0.4) is 0 Å². The number of para-hydroxylation sites is 2. The van der Waals surface area contributed by atoms with Gasteiger partial charge in [0.2, 0.25) is 11.1 Å². The molecule has 3 aromatic rings. The number of rotatable bonds is 9. The Morgan fingerprint density at radius 3 is 2.56 bits per heavy atom. The molecule has 0 saturated carbocycles. The lowest BCUT2D eigenvalue weighted by molar-refractivity contribution is -0.113. The lowest BCUT2D eigenvalue weighted by Crippen LogP contribution is -2.31. The van der Waals surface area contributed by atoms with Crippen LogP contribution in [0.25, 0.3) is 0 Å². The molecule has 1 atom stereocenters. The third-order valence-corrected chi connectivity index (χ3v) is 6.78. The zero-order valence-electron chi connectivity index (χ0n) is 21.2. The number of benzene rings is 2. The Bertz CT molecular complexity index is 1300. The average molecular weight is 506 g/mol. The molecule has 0 spiro atoms. The van der Waals surface area contributed by atoms with Gasteiger partial charge in [-0.3, -0.25) is 9.59 Å². The Morgan fingerprint density at radius 2 is 1.86 bits per heavy atom. The number of hydrogen-bond donors (Lipinski definition) is 2. The van der Waals surface area contributed by atoms with E-state index in [0.717, 1.165) is 11.3 Å². The van der Waals surface area contributed by atoms with Crippen LogP contribution in [0.5, 0.6) is 5.75 Å². The highest BCUT2D eigenvalue weighted by molar-refractivity contribution is 7.99. The summed E-state index contributed by atoms with van der Waals surface area (Å²) in [5.41, 5.74) is 3.70. The van der Waals surface area contributed by atoms with Crippen LogP contribution in [0, 0.1) is 12.8 Å². The molecule has 0 fully saturated rings. The van der Waals surface area contributed by atoms with Crippen molar-refractivity contribution in [1.82, 2.24) is 14.8 Å². The Balaban J connectivity index is 1.55. The minimum atomic E-state index is -0.300. The molecule has 2 aromatic carbocycles. The Hall–Kier alpha value is -3.59. The topological polar surface area (TPSA) is 98.1 Å². The second-order valence-corrected chi connectivity index (χ2v) is 10.1. The highest BCUT2D eigenvalue weighted by Gasteiger charge is 2.34. The van der Waals surface area contributed by atoms with E-state index in [2.05, 4.69) is 34.6 Å². The number of allylic oxidation sites excluding steroid dienone is 1. The number of aromatic nitrogens is 3. The maximum atomic E-state index is 13.5. The molecule has 0 saturated heterocycles. The van der Waals surface area contributed by atoms with Gasteiger partial charge < -0.3 is 15.4 Å². The molecular weight excluding hydrogens is 474 g/mol. The van der Waals surface area contributed by atoms with E-state index < -0.39 is 0 Å². The first-order valence-corrected chi connectivity index (χ1v) is 12.9. The number of methoxy groups -OCH3 is 1. The van der Waals surface area contributed by atoms with E-state index in [1.807, 2.05) is 50.2 Å². The van der Waals surface area contributed by atoms with E-state index in [0.29, 0.717) is 46.0 Å². The summed E-state index contributed by atoms with van der Waals surface area (Å²) in [7, 11) is 1.57. The lowest BCUT2D eigenvalue weighted by atomic mass is 9.94. The zero-order valence-corrected chi connectivity index (χ0v) is 22.0. The standard InChI is InChI=1S/C27H31N5O3S/c1-16(2)14-21-24(25(34)29-20-8-6-7-9-23(20)35-5)18(4)28-26-30-27(31-32(21)26)36-15-22(33)19-12-10-17(3)11-13-19/h6-13,16,21H,14-15H2,1-5H3,(H,29,34)(H,28,30,31)/t21-/m1/s1. The van der Waals surface area contributed by atoms with Gasteiger partial charge in [-0.25, -0.2) is 4.68 Å². The molecule has 2 N–H and O–H groups in total. The van der Waals surface area contributed by atoms with Crippen molar-refractivity contribution in [2.75, 3.05) is 23.5 Å².